The molecule has 0 saturated carbocycles. The first kappa shape index (κ1) is 8.51. The van der Waals surface area contributed by atoms with Gasteiger partial charge in [0.15, 0.2) is 0 Å². The van der Waals surface area contributed by atoms with Gasteiger partial charge in [0.05, 0.1) is 22.8 Å². The molecule has 0 bridgehead atoms. The highest BCUT2D eigenvalue weighted by atomic mass is 32.1. The summed E-state index contributed by atoms with van der Waals surface area (Å²) in [6.45, 7) is 4.13. The van der Waals surface area contributed by atoms with Crippen molar-refractivity contribution < 1.29 is 4.74 Å². The largest absolute Gasteiger partial charge is 0.496 e. The summed E-state index contributed by atoms with van der Waals surface area (Å²) < 4.78 is 6.52. The number of hydrogen-bond donors (Lipinski definition) is 0. The van der Waals surface area contributed by atoms with Crippen molar-refractivity contribution in [2.24, 2.45) is 0 Å². The van der Waals surface area contributed by atoms with E-state index in [1.54, 1.807) is 18.4 Å². The quantitative estimate of drug-likeness (QED) is 0.694. The molecule has 2 rings (SSSR count). The fourth-order valence-corrected chi connectivity index (χ4v) is 2.36. The third-order valence-electron chi connectivity index (χ3n) is 2.22. The van der Waals surface area contributed by atoms with Gasteiger partial charge in [0.2, 0.25) is 0 Å². The number of methoxy groups -OCH3 is 1. The number of rotatable bonds is 1. The molecular weight excluding hydrogens is 182 g/mol. The first-order chi connectivity index (χ1) is 6.24. The third-order valence-corrected chi connectivity index (χ3v) is 3.16. The van der Waals surface area contributed by atoms with E-state index in [4.69, 9.17) is 4.74 Å². The number of benzene rings is 1. The highest BCUT2D eigenvalue weighted by Gasteiger charge is 2.08. The summed E-state index contributed by atoms with van der Waals surface area (Å²) in [5, 5.41) is 0. The van der Waals surface area contributed by atoms with Crippen LogP contribution in [0, 0.1) is 13.8 Å². The molecule has 0 aliphatic heterocycles. The first-order valence-electron chi connectivity index (χ1n) is 4.11. The molecule has 2 nitrogen and oxygen atoms in total. The van der Waals surface area contributed by atoms with Crippen LogP contribution in [0.25, 0.3) is 10.2 Å². The minimum atomic E-state index is 0.953. The number of aromatic nitrogens is 1. The Morgan fingerprint density at radius 2 is 2.15 bits per heavy atom. The molecule has 0 N–H and O–H groups in total. The maximum atomic E-state index is 5.28. The van der Waals surface area contributed by atoms with Gasteiger partial charge in [0, 0.05) is 5.56 Å². The Hall–Kier alpha value is -1.09. The SMILES string of the molecule is COc1cc(C)c2ncsc2c1C. The van der Waals surface area contributed by atoms with Crippen molar-refractivity contribution in [3.63, 3.8) is 0 Å². The van der Waals surface area contributed by atoms with E-state index in [-0.39, 0.29) is 0 Å². The molecule has 13 heavy (non-hydrogen) atoms. The normalized spacial score (nSPS) is 10.7. The van der Waals surface area contributed by atoms with Gasteiger partial charge in [0.1, 0.15) is 5.75 Å². The Balaban J connectivity index is 2.85. The number of fused-ring (bicyclic) bond motifs is 1. The van der Waals surface area contributed by atoms with Crippen LogP contribution in [0.3, 0.4) is 0 Å². The summed E-state index contributed by atoms with van der Waals surface area (Å²) in [4.78, 5) is 4.32. The predicted octanol–water partition coefficient (Wildman–Crippen LogP) is 2.92. The smallest absolute Gasteiger partial charge is 0.123 e. The van der Waals surface area contributed by atoms with E-state index in [0.717, 1.165) is 11.3 Å². The van der Waals surface area contributed by atoms with Crippen molar-refractivity contribution >= 4 is 21.6 Å². The zero-order chi connectivity index (χ0) is 9.42. The third kappa shape index (κ3) is 1.20. The van der Waals surface area contributed by atoms with Gasteiger partial charge in [0.25, 0.3) is 0 Å². The van der Waals surface area contributed by atoms with Crippen molar-refractivity contribution in [2.75, 3.05) is 7.11 Å². The molecule has 0 aliphatic rings. The maximum absolute atomic E-state index is 5.28. The Labute approximate surface area is 81.2 Å². The van der Waals surface area contributed by atoms with Crippen LogP contribution in [-0.4, -0.2) is 12.1 Å². The highest BCUT2D eigenvalue weighted by Crippen LogP contribution is 2.31. The molecule has 0 unspecified atom stereocenters. The summed E-state index contributed by atoms with van der Waals surface area (Å²) in [5.41, 5.74) is 5.34. The minimum Gasteiger partial charge on any atom is -0.496 e. The average molecular weight is 193 g/mol. The summed E-state index contributed by atoms with van der Waals surface area (Å²) in [6.07, 6.45) is 0. The van der Waals surface area contributed by atoms with Crippen LogP contribution in [0.4, 0.5) is 0 Å². The second kappa shape index (κ2) is 3.00. The molecule has 0 aliphatic carbocycles. The second-order valence-corrected chi connectivity index (χ2v) is 3.91. The van der Waals surface area contributed by atoms with Gasteiger partial charge < -0.3 is 4.74 Å². The monoisotopic (exact) mass is 193 g/mol. The molecule has 3 heteroatoms. The molecule has 2 aromatic rings. The van der Waals surface area contributed by atoms with Crippen LogP contribution in [0.2, 0.25) is 0 Å². The maximum Gasteiger partial charge on any atom is 0.123 e. The lowest BCUT2D eigenvalue weighted by atomic mass is 10.1. The number of aryl methyl sites for hydroxylation is 2. The molecule has 0 fully saturated rings. The van der Waals surface area contributed by atoms with E-state index in [2.05, 4.69) is 18.8 Å². The van der Waals surface area contributed by atoms with Crippen molar-refractivity contribution in [3.8, 4) is 5.75 Å². The van der Waals surface area contributed by atoms with Gasteiger partial charge in [-0.15, -0.1) is 11.3 Å². The fourth-order valence-electron chi connectivity index (χ4n) is 1.49. The van der Waals surface area contributed by atoms with E-state index in [9.17, 15) is 0 Å². The highest BCUT2D eigenvalue weighted by molar-refractivity contribution is 7.17. The summed E-state index contributed by atoms with van der Waals surface area (Å²) >= 11 is 1.67. The molecule has 1 heterocycles. The number of hydrogen-bond acceptors (Lipinski definition) is 3. The van der Waals surface area contributed by atoms with Crippen molar-refractivity contribution in [1.29, 1.82) is 0 Å². The van der Waals surface area contributed by atoms with Crippen LogP contribution < -0.4 is 4.74 Å². The molecule has 0 spiro atoms. The zero-order valence-corrected chi connectivity index (χ0v) is 8.73. The van der Waals surface area contributed by atoms with Gasteiger partial charge in [-0.1, -0.05) is 0 Å². The second-order valence-electron chi connectivity index (χ2n) is 3.05. The average Bonchev–Trinajstić information content (AvgIpc) is 2.60. The van der Waals surface area contributed by atoms with Crippen LogP contribution in [0.1, 0.15) is 11.1 Å². The van der Waals surface area contributed by atoms with Gasteiger partial charge in [-0.3, -0.25) is 0 Å². The van der Waals surface area contributed by atoms with E-state index in [0.29, 0.717) is 0 Å². The van der Waals surface area contributed by atoms with Crippen LogP contribution in [0.5, 0.6) is 5.75 Å². The molecule has 0 amide bonds. The van der Waals surface area contributed by atoms with Crippen LogP contribution in [-0.2, 0) is 0 Å². The number of nitrogens with zero attached hydrogens (tertiary/aromatic N) is 1. The van der Waals surface area contributed by atoms with Gasteiger partial charge in [-0.25, -0.2) is 4.98 Å². The van der Waals surface area contributed by atoms with E-state index >= 15 is 0 Å². The molecule has 0 radical (unpaired) electrons. The molecule has 0 atom stereocenters. The topological polar surface area (TPSA) is 22.1 Å². The Kier molecular flexibility index (Phi) is 1.96. The first-order valence-corrected chi connectivity index (χ1v) is 4.99. The lowest BCUT2D eigenvalue weighted by Crippen LogP contribution is -1.89. The molecule has 1 aromatic carbocycles. The molecular formula is C10H11NOS. The van der Waals surface area contributed by atoms with Crippen molar-refractivity contribution in [3.05, 3.63) is 22.7 Å². The minimum absolute atomic E-state index is 0.953. The lowest BCUT2D eigenvalue weighted by Gasteiger charge is -2.06. The van der Waals surface area contributed by atoms with Gasteiger partial charge in [-0.2, -0.15) is 0 Å². The van der Waals surface area contributed by atoms with Crippen molar-refractivity contribution in [2.45, 2.75) is 13.8 Å². The van der Waals surface area contributed by atoms with E-state index < -0.39 is 0 Å². The summed E-state index contributed by atoms with van der Waals surface area (Å²) in [7, 11) is 1.70. The molecule has 1 aromatic heterocycles. The van der Waals surface area contributed by atoms with Crippen molar-refractivity contribution in [1.82, 2.24) is 4.98 Å². The zero-order valence-electron chi connectivity index (χ0n) is 7.92. The van der Waals surface area contributed by atoms with Crippen LogP contribution in [0.15, 0.2) is 11.6 Å². The summed E-state index contributed by atoms with van der Waals surface area (Å²) in [5.74, 6) is 0.953. The van der Waals surface area contributed by atoms with Crippen LogP contribution >= 0.6 is 11.3 Å². The van der Waals surface area contributed by atoms with E-state index in [1.807, 2.05) is 11.6 Å². The molecule has 0 saturated heterocycles. The van der Waals surface area contributed by atoms with E-state index in [1.165, 1.54) is 15.8 Å². The number of thiazole rings is 1. The molecule has 68 valence electrons. The van der Waals surface area contributed by atoms with Gasteiger partial charge in [-0.05, 0) is 25.5 Å². The van der Waals surface area contributed by atoms with Gasteiger partial charge >= 0.3 is 0 Å². The summed E-state index contributed by atoms with van der Waals surface area (Å²) in [6, 6.07) is 2.04. The lowest BCUT2D eigenvalue weighted by molar-refractivity contribution is 0.412. The standard InChI is InChI=1S/C10H11NOS/c1-6-4-8(12-3)7(2)10-9(6)11-5-13-10/h4-5H,1-3H3. The Morgan fingerprint density at radius 1 is 1.38 bits per heavy atom. The predicted molar refractivity (Wildman–Crippen MR) is 55.6 cm³/mol. The Bertz CT molecular complexity index is 447. The number of ether oxygens (including phenoxy) is 1. The Morgan fingerprint density at radius 3 is 2.85 bits per heavy atom. The fraction of sp³-hybridized carbons (Fsp3) is 0.300.